The predicted octanol–water partition coefficient (Wildman–Crippen LogP) is 8.79. The second-order valence-electron chi connectivity index (χ2n) is 13.0. The van der Waals surface area contributed by atoms with Gasteiger partial charge in [0.25, 0.3) is 5.92 Å². The predicted molar refractivity (Wildman–Crippen MR) is 186 cm³/mol. The van der Waals surface area contributed by atoms with E-state index in [0.29, 0.717) is 29.3 Å². The Hall–Kier alpha value is -4.12. The first kappa shape index (κ1) is 35.2. The highest BCUT2D eigenvalue weighted by molar-refractivity contribution is 7.99. The van der Waals surface area contributed by atoms with E-state index in [9.17, 15) is 4.79 Å². The second kappa shape index (κ2) is 14.2. The fraction of sp³-hybridized carbons (Fsp3) is 0.378. The molecule has 0 radical (unpaired) electrons. The molecular formula is C37H40F4N4O2S. The molecule has 48 heavy (non-hydrogen) atoms. The zero-order chi connectivity index (χ0) is 34.7. The summed E-state index contributed by atoms with van der Waals surface area (Å²) in [6, 6.07) is 14.6. The molecule has 11 heteroatoms. The van der Waals surface area contributed by atoms with Crippen LogP contribution in [0.15, 0.2) is 70.8 Å². The third-order valence-electron chi connectivity index (χ3n) is 9.40. The molecule has 0 spiro atoms. The van der Waals surface area contributed by atoms with Crippen molar-refractivity contribution in [2.24, 2.45) is 21.1 Å². The minimum absolute atomic E-state index is 0.0201. The van der Waals surface area contributed by atoms with Crippen molar-refractivity contribution in [1.29, 1.82) is 0 Å². The molecule has 1 aliphatic heterocycles. The van der Waals surface area contributed by atoms with Crippen LogP contribution >= 0.6 is 11.8 Å². The molecule has 1 atom stereocenters. The van der Waals surface area contributed by atoms with Gasteiger partial charge in [-0.3, -0.25) is 4.99 Å². The first-order valence-corrected chi connectivity index (χ1v) is 17.0. The number of H-pyrrole nitrogens is 1. The van der Waals surface area contributed by atoms with E-state index >= 15 is 17.6 Å². The van der Waals surface area contributed by atoms with Crippen LogP contribution in [0.1, 0.15) is 62.3 Å². The van der Waals surface area contributed by atoms with E-state index in [-0.39, 0.29) is 53.7 Å². The van der Waals surface area contributed by atoms with Gasteiger partial charge in [-0.25, -0.2) is 22.6 Å². The van der Waals surface area contributed by atoms with Gasteiger partial charge in [0.15, 0.2) is 17.4 Å². The zero-order valence-electron chi connectivity index (χ0n) is 27.5. The van der Waals surface area contributed by atoms with Crippen LogP contribution < -0.4 is 10.5 Å². The summed E-state index contributed by atoms with van der Waals surface area (Å²) in [7, 11) is 1.45. The number of nitrogens with two attached hydrogens (primary N) is 1. The summed E-state index contributed by atoms with van der Waals surface area (Å²) < 4.78 is 69.0. The van der Waals surface area contributed by atoms with Gasteiger partial charge < -0.3 is 20.2 Å². The van der Waals surface area contributed by atoms with Gasteiger partial charge in [-0.05, 0) is 73.8 Å². The monoisotopic (exact) mass is 680 g/mol. The minimum Gasteiger partial charge on any atom is -0.454 e. The van der Waals surface area contributed by atoms with Gasteiger partial charge >= 0.3 is 0 Å². The van der Waals surface area contributed by atoms with Crippen LogP contribution in [0.2, 0.25) is 0 Å². The SMILES string of the molecule is CN=C1N=C(N)C(C)(c2cccc(CCC=O)c2)CCC(C)(C)C(F)(F)CSCCc2c(c(F)cc3[nH]ccc23)Oc2ccc(F)c1c2. The number of aromatic amines is 1. The summed E-state index contributed by atoms with van der Waals surface area (Å²) in [4.78, 5) is 22.9. The molecule has 0 aliphatic carbocycles. The number of alkyl halides is 2. The standard InChI is InChI=1S/C37H40F4N4O2S/c1-35(2)14-15-36(3,24-9-5-7-23(19-24)8-6-17-46)34(42)45-33(43-4)28-20-25(10-11-29(28)38)47-32-27(13-18-48-22-37(35,40)41)26-12-16-44-31(26)21-30(32)39/h5,7,9-12,16-17,19-21,44H,6,8,13-15,18,22H2,1-4H3,(H2,42,43,45). The number of hydrogen-bond acceptors (Lipinski definition) is 5. The molecular weight excluding hydrogens is 640 g/mol. The highest BCUT2D eigenvalue weighted by Crippen LogP contribution is 2.46. The van der Waals surface area contributed by atoms with Gasteiger partial charge in [-0.15, -0.1) is 0 Å². The molecule has 0 amide bonds. The number of thioether (sulfide) groups is 1. The van der Waals surface area contributed by atoms with Crippen LogP contribution in [0.3, 0.4) is 0 Å². The summed E-state index contributed by atoms with van der Waals surface area (Å²) in [5.41, 5.74) is 6.93. The summed E-state index contributed by atoms with van der Waals surface area (Å²) >= 11 is 1.10. The smallest absolute Gasteiger partial charge is 0.261 e. The number of hydrogen-bond donors (Lipinski definition) is 2. The molecule has 0 saturated carbocycles. The number of aldehydes is 1. The normalized spacial score (nSPS) is 21.1. The summed E-state index contributed by atoms with van der Waals surface area (Å²) in [6.07, 6.45) is 3.90. The van der Waals surface area contributed by atoms with E-state index in [4.69, 9.17) is 10.5 Å². The fourth-order valence-corrected chi connectivity index (χ4v) is 7.08. The highest BCUT2D eigenvalue weighted by Gasteiger charge is 2.47. The van der Waals surface area contributed by atoms with E-state index in [0.717, 1.165) is 29.2 Å². The number of ether oxygens (including phenoxy) is 1. The molecule has 1 aliphatic rings. The van der Waals surface area contributed by atoms with Crippen LogP contribution in [-0.2, 0) is 23.1 Å². The van der Waals surface area contributed by atoms with Gasteiger partial charge in [0.05, 0.1) is 11.3 Å². The third kappa shape index (κ3) is 7.16. The van der Waals surface area contributed by atoms with E-state index < -0.39 is 34.1 Å². The van der Waals surface area contributed by atoms with Crippen molar-refractivity contribution < 1.29 is 27.1 Å². The molecule has 2 heterocycles. The molecule has 3 aromatic carbocycles. The number of nitrogens with zero attached hydrogens (tertiary/aromatic N) is 2. The van der Waals surface area contributed by atoms with E-state index in [2.05, 4.69) is 15.0 Å². The maximum Gasteiger partial charge on any atom is 0.261 e. The number of aromatic nitrogens is 1. The van der Waals surface area contributed by atoms with Crippen molar-refractivity contribution in [2.75, 3.05) is 18.6 Å². The van der Waals surface area contributed by atoms with E-state index in [1.54, 1.807) is 26.1 Å². The lowest BCUT2D eigenvalue weighted by atomic mass is 9.71. The van der Waals surface area contributed by atoms with Crippen molar-refractivity contribution in [2.45, 2.75) is 64.2 Å². The number of aryl methyl sites for hydroxylation is 2. The molecule has 1 unspecified atom stereocenters. The minimum atomic E-state index is -3.07. The quantitative estimate of drug-likeness (QED) is 0.167. The Labute approximate surface area is 282 Å². The first-order chi connectivity index (χ1) is 22.8. The summed E-state index contributed by atoms with van der Waals surface area (Å²) in [5, 5.41) is 0.707. The van der Waals surface area contributed by atoms with Crippen molar-refractivity contribution in [3.05, 3.63) is 94.7 Å². The first-order valence-electron chi connectivity index (χ1n) is 15.9. The van der Waals surface area contributed by atoms with Crippen LogP contribution in [0.4, 0.5) is 17.6 Å². The van der Waals surface area contributed by atoms with Gasteiger partial charge in [0, 0.05) is 53.0 Å². The zero-order valence-corrected chi connectivity index (χ0v) is 28.3. The van der Waals surface area contributed by atoms with Crippen molar-refractivity contribution >= 4 is 40.6 Å². The molecule has 6 nitrogen and oxygen atoms in total. The van der Waals surface area contributed by atoms with Gasteiger partial charge in [0.1, 0.15) is 23.7 Å². The molecule has 254 valence electrons. The molecule has 1 aromatic heterocycles. The lowest BCUT2D eigenvalue weighted by Crippen LogP contribution is -2.44. The van der Waals surface area contributed by atoms with Crippen LogP contribution in [0.5, 0.6) is 11.5 Å². The lowest BCUT2D eigenvalue weighted by molar-refractivity contribution is -0.107. The average molecular weight is 681 g/mol. The summed E-state index contributed by atoms with van der Waals surface area (Å²) in [5.74, 6) is -4.40. The number of rotatable bonds is 4. The van der Waals surface area contributed by atoms with Crippen LogP contribution in [-0.4, -0.2) is 47.4 Å². The molecule has 0 saturated heterocycles. The maximum absolute atomic E-state index is 16.0. The van der Waals surface area contributed by atoms with Crippen molar-refractivity contribution in [3.8, 4) is 11.5 Å². The van der Waals surface area contributed by atoms with Gasteiger partial charge in [0.2, 0.25) is 0 Å². The van der Waals surface area contributed by atoms with Gasteiger partial charge in [-0.2, -0.15) is 11.8 Å². The van der Waals surface area contributed by atoms with Crippen LogP contribution in [0.25, 0.3) is 10.9 Å². The number of benzene rings is 3. The van der Waals surface area contributed by atoms with E-state index in [1.807, 2.05) is 31.2 Å². The number of halogens is 4. The largest absolute Gasteiger partial charge is 0.454 e. The number of carbonyl (C=O) groups is 1. The highest BCUT2D eigenvalue weighted by atomic mass is 32.2. The Morgan fingerprint density at radius 1 is 1.06 bits per heavy atom. The Balaban J connectivity index is 1.66. The Bertz CT molecular complexity index is 1870. The Morgan fingerprint density at radius 3 is 2.60 bits per heavy atom. The molecule has 0 fully saturated rings. The molecule has 4 aromatic rings. The van der Waals surface area contributed by atoms with Crippen molar-refractivity contribution in [1.82, 2.24) is 4.98 Å². The van der Waals surface area contributed by atoms with E-state index in [1.165, 1.54) is 31.3 Å². The van der Waals surface area contributed by atoms with Crippen molar-refractivity contribution in [3.63, 3.8) is 0 Å². The topological polar surface area (TPSA) is 92.8 Å². The second-order valence-corrected chi connectivity index (χ2v) is 14.1. The molecule has 5 rings (SSSR count). The number of amidine groups is 2. The number of carbonyl (C=O) groups excluding carboxylic acids is 1. The molecule has 2 bridgehead atoms. The van der Waals surface area contributed by atoms with Gasteiger partial charge in [-0.1, -0.05) is 38.1 Å². The number of nitrogens with one attached hydrogen (secondary N) is 1. The Kier molecular flexibility index (Phi) is 10.4. The molecule has 3 N–H and O–H groups in total. The average Bonchev–Trinajstić information content (AvgIpc) is 3.53. The lowest BCUT2D eigenvalue weighted by Gasteiger charge is -2.38. The number of aliphatic imine (C=N–C) groups is 2. The fourth-order valence-electron chi connectivity index (χ4n) is 5.94. The van der Waals surface area contributed by atoms with Crippen LogP contribution in [0, 0.1) is 17.0 Å². The number of fused-ring (bicyclic) bond motifs is 5. The maximum atomic E-state index is 16.0. The third-order valence-corrected chi connectivity index (χ3v) is 10.5. The summed E-state index contributed by atoms with van der Waals surface area (Å²) in [6.45, 7) is 4.92. The Morgan fingerprint density at radius 2 is 1.85 bits per heavy atom.